The van der Waals surface area contributed by atoms with Gasteiger partial charge in [-0.05, 0) is 57.1 Å². The van der Waals surface area contributed by atoms with Crippen molar-refractivity contribution >= 4 is 34.5 Å². The number of hydrogen-bond donors (Lipinski definition) is 3. The molecule has 188 valence electrons. The number of amidine groups is 1. The Morgan fingerprint density at radius 1 is 1.17 bits per heavy atom. The zero-order valence-electron chi connectivity index (χ0n) is 20.6. The number of esters is 1. The number of nitrogens with zero attached hydrogens (tertiary/aromatic N) is 2. The number of nitrogens with one attached hydrogen (secondary N) is 2. The molecule has 0 radical (unpaired) electrons. The molecule has 1 aromatic heterocycles. The monoisotopic (exact) mass is 481 g/mol. The maximum Gasteiger partial charge on any atom is 0.310 e. The van der Waals surface area contributed by atoms with E-state index in [4.69, 9.17) is 15.9 Å². The second-order valence-corrected chi connectivity index (χ2v) is 9.47. The van der Waals surface area contributed by atoms with Gasteiger partial charge in [-0.3, -0.25) is 19.8 Å². The molecule has 0 spiro atoms. The van der Waals surface area contributed by atoms with Crippen LogP contribution < -0.4 is 5.73 Å². The van der Waals surface area contributed by atoms with Crippen molar-refractivity contribution in [3.63, 3.8) is 0 Å². The van der Waals surface area contributed by atoms with Crippen molar-refractivity contribution in [2.24, 2.45) is 5.73 Å². The van der Waals surface area contributed by atoms with Gasteiger partial charge in [-0.15, -0.1) is 0 Å². The van der Waals surface area contributed by atoms with Crippen molar-refractivity contribution in [3.05, 3.63) is 35.0 Å². The minimum atomic E-state index is -0.342. The standard InChI is InChI=1S/C26H35N5O4/c1-3-35-24(33)15-20-19-10-8-17(25(27)28)14-22(19)29-21(20)11-9-18-6-4-13-31(18)26(34)23-7-5-12-30(23)16(2)32/h8,10,14,18,23,29H,3-7,9,11-13,15H2,1-2H3,(H3,27,28)/t18-,23+/m0/s1. The third kappa shape index (κ3) is 5.18. The summed E-state index contributed by atoms with van der Waals surface area (Å²) in [6.45, 7) is 5.01. The maximum absolute atomic E-state index is 13.3. The van der Waals surface area contributed by atoms with Crippen LogP contribution in [-0.4, -0.2) is 70.2 Å². The summed E-state index contributed by atoms with van der Waals surface area (Å²) < 4.78 is 5.20. The predicted octanol–water partition coefficient (Wildman–Crippen LogP) is 2.49. The van der Waals surface area contributed by atoms with E-state index in [9.17, 15) is 14.4 Å². The topological polar surface area (TPSA) is 133 Å². The average Bonchev–Trinajstić information content (AvgIpc) is 3.56. The Labute approximate surface area is 205 Å². The first kappa shape index (κ1) is 24.8. The van der Waals surface area contributed by atoms with E-state index in [-0.39, 0.29) is 42.1 Å². The molecular formula is C26H35N5O4. The first-order valence-electron chi connectivity index (χ1n) is 12.5. The van der Waals surface area contributed by atoms with Gasteiger partial charge in [0.2, 0.25) is 11.8 Å². The number of aryl methyl sites for hydroxylation is 1. The number of likely N-dealkylation sites (tertiary alicyclic amines) is 2. The summed E-state index contributed by atoms with van der Waals surface area (Å²) in [5.74, 6) is -0.270. The number of hydrogen-bond acceptors (Lipinski definition) is 5. The average molecular weight is 482 g/mol. The lowest BCUT2D eigenvalue weighted by Gasteiger charge is -2.31. The molecule has 1 aromatic carbocycles. The van der Waals surface area contributed by atoms with Gasteiger partial charge in [-0.1, -0.05) is 12.1 Å². The smallest absolute Gasteiger partial charge is 0.310 e. The third-order valence-electron chi connectivity index (χ3n) is 7.26. The van der Waals surface area contributed by atoms with Crippen molar-refractivity contribution in [2.75, 3.05) is 19.7 Å². The second-order valence-electron chi connectivity index (χ2n) is 9.47. The lowest BCUT2D eigenvalue weighted by atomic mass is 10.0. The molecule has 0 bridgehead atoms. The second kappa shape index (κ2) is 10.5. The number of aromatic amines is 1. The highest BCUT2D eigenvalue weighted by molar-refractivity contribution is 5.99. The number of rotatable bonds is 8. The van der Waals surface area contributed by atoms with Gasteiger partial charge < -0.3 is 25.3 Å². The summed E-state index contributed by atoms with van der Waals surface area (Å²) in [4.78, 5) is 44.8. The van der Waals surface area contributed by atoms with E-state index in [2.05, 4.69) is 4.98 Å². The van der Waals surface area contributed by atoms with E-state index in [1.165, 1.54) is 6.92 Å². The quantitative estimate of drug-likeness (QED) is 0.303. The highest BCUT2D eigenvalue weighted by atomic mass is 16.5. The Hall–Kier alpha value is -3.36. The molecule has 2 amide bonds. The Balaban J connectivity index is 1.54. The van der Waals surface area contributed by atoms with Crippen LogP contribution in [0.2, 0.25) is 0 Å². The summed E-state index contributed by atoms with van der Waals surface area (Å²) in [6, 6.07) is 5.27. The number of fused-ring (bicyclic) bond motifs is 1. The van der Waals surface area contributed by atoms with Gasteiger partial charge in [0, 0.05) is 48.2 Å². The van der Waals surface area contributed by atoms with E-state index in [1.54, 1.807) is 17.9 Å². The van der Waals surface area contributed by atoms with Crippen molar-refractivity contribution in [3.8, 4) is 0 Å². The molecule has 0 saturated carbocycles. The third-order valence-corrected chi connectivity index (χ3v) is 7.26. The molecule has 9 nitrogen and oxygen atoms in total. The van der Waals surface area contributed by atoms with Gasteiger partial charge in [0.15, 0.2) is 0 Å². The van der Waals surface area contributed by atoms with Crippen molar-refractivity contribution < 1.29 is 19.1 Å². The van der Waals surface area contributed by atoms with E-state index < -0.39 is 0 Å². The summed E-state index contributed by atoms with van der Waals surface area (Å²) in [6.07, 6.45) is 5.07. The highest BCUT2D eigenvalue weighted by Crippen LogP contribution is 2.30. The van der Waals surface area contributed by atoms with Gasteiger partial charge >= 0.3 is 5.97 Å². The molecule has 4 N–H and O–H groups in total. The maximum atomic E-state index is 13.3. The van der Waals surface area contributed by atoms with Crippen molar-refractivity contribution in [1.29, 1.82) is 5.41 Å². The normalized spacial score (nSPS) is 19.9. The molecule has 2 aliphatic rings. The molecule has 4 rings (SSSR count). The molecule has 2 aliphatic heterocycles. The fraction of sp³-hybridized carbons (Fsp3) is 0.538. The zero-order chi connectivity index (χ0) is 25.1. The predicted molar refractivity (Wildman–Crippen MR) is 133 cm³/mol. The van der Waals surface area contributed by atoms with Crippen LogP contribution in [0.15, 0.2) is 18.2 Å². The summed E-state index contributed by atoms with van der Waals surface area (Å²) in [7, 11) is 0. The molecule has 3 heterocycles. The molecule has 35 heavy (non-hydrogen) atoms. The molecule has 0 aliphatic carbocycles. The van der Waals surface area contributed by atoms with Crippen LogP contribution in [-0.2, 0) is 32.0 Å². The molecule has 2 fully saturated rings. The van der Waals surface area contributed by atoms with E-state index in [1.807, 2.05) is 17.0 Å². The van der Waals surface area contributed by atoms with Gasteiger partial charge in [-0.2, -0.15) is 0 Å². The number of nitrogens with two attached hydrogens (primary N) is 1. The molecule has 2 saturated heterocycles. The number of carbonyl (C=O) groups is 3. The van der Waals surface area contributed by atoms with Crippen LogP contribution in [0.25, 0.3) is 10.9 Å². The van der Waals surface area contributed by atoms with Gasteiger partial charge in [-0.25, -0.2) is 0 Å². The molecular weight excluding hydrogens is 446 g/mol. The fourth-order valence-electron chi connectivity index (χ4n) is 5.58. The van der Waals surface area contributed by atoms with E-state index in [0.29, 0.717) is 25.1 Å². The van der Waals surface area contributed by atoms with Crippen LogP contribution in [0, 0.1) is 5.41 Å². The highest BCUT2D eigenvalue weighted by Gasteiger charge is 2.39. The minimum Gasteiger partial charge on any atom is -0.466 e. The first-order valence-corrected chi connectivity index (χ1v) is 12.5. The Kier molecular flexibility index (Phi) is 7.42. The Bertz CT molecular complexity index is 1140. The zero-order valence-corrected chi connectivity index (χ0v) is 20.6. The van der Waals surface area contributed by atoms with Crippen molar-refractivity contribution in [1.82, 2.24) is 14.8 Å². The fourth-order valence-corrected chi connectivity index (χ4v) is 5.58. The number of benzene rings is 1. The summed E-state index contributed by atoms with van der Waals surface area (Å²) >= 11 is 0. The molecule has 0 unspecified atom stereocenters. The first-order chi connectivity index (χ1) is 16.8. The number of H-pyrrole nitrogens is 1. The largest absolute Gasteiger partial charge is 0.466 e. The Morgan fingerprint density at radius 2 is 1.91 bits per heavy atom. The number of aromatic nitrogens is 1. The van der Waals surface area contributed by atoms with Crippen LogP contribution in [0.5, 0.6) is 0 Å². The van der Waals surface area contributed by atoms with E-state index >= 15 is 0 Å². The number of nitrogen functional groups attached to an aromatic ring is 1. The van der Waals surface area contributed by atoms with Gasteiger partial charge in [0.1, 0.15) is 11.9 Å². The lowest BCUT2D eigenvalue weighted by Crippen LogP contribution is -2.48. The minimum absolute atomic E-state index is 0.0124. The molecule has 2 atom stereocenters. The van der Waals surface area contributed by atoms with Gasteiger partial charge in [0.25, 0.3) is 0 Å². The molecule has 9 heteroatoms. The van der Waals surface area contributed by atoms with Crippen LogP contribution in [0.4, 0.5) is 0 Å². The van der Waals surface area contributed by atoms with E-state index in [0.717, 1.165) is 60.8 Å². The van der Waals surface area contributed by atoms with Crippen LogP contribution in [0.1, 0.15) is 62.8 Å². The summed E-state index contributed by atoms with van der Waals surface area (Å²) in [5, 5.41) is 8.65. The number of ether oxygens (including phenoxy) is 1. The lowest BCUT2D eigenvalue weighted by molar-refractivity contribution is -0.143. The number of carbonyl (C=O) groups excluding carboxylic acids is 3. The molecule has 2 aromatic rings. The SMILES string of the molecule is CCOC(=O)Cc1c(CC[C@@H]2CCCN2C(=O)[C@H]2CCCN2C(C)=O)[nH]c2cc(C(=N)N)ccc12. The number of amides is 2. The van der Waals surface area contributed by atoms with Crippen LogP contribution >= 0.6 is 0 Å². The summed E-state index contributed by atoms with van der Waals surface area (Å²) in [5.41, 5.74) is 8.95. The Morgan fingerprint density at radius 3 is 2.63 bits per heavy atom. The van der Waals surface area contributed by atoms with Crippen LogP contribution in [0.3, 0.4) is 0 Å². The van der Waals surface area contributed by atoms with Crippen molar-refractivity contribution in [2.45, 2.75) is 70.9 Å². The van der Waals surface area contributed by atoms with Gasteiger partial charge in [0.05, 0.1) is 13.0 Å².